The van der Waals surface area contributed by atoms with Crippen LogP contribution < -0.4 is 14.8 Å². The lowest BCUT2D eigenvalue weighted by Crippen LogP contribution is -2.02. The molecule has 4 aromatic rings. The molecule has 0 amide bonds. The number of nitrogens with one attached hydrogen (secondary N) is 1. The SMILES string of the molecule is COc1ccc(-c2csc(-c3ccc(CNc4cc(C)nc(Cl)n4)cc3)n2)cc1OC. The Morgan fingerprint density at radius 1 is 0.903 bits per heavy atom. The number of ether oxygens (including phenoxy) is 2. The molecule has 2 aromatic heterocycles. The van der Waals surface area contributed by atoms with Crippen molar-refractivity contribution in [2.75, 3.05) is 19.5 Å². The summed E-state index contributed by atoms with van der Waals surface area (Å²) in [7, 11) is 3.26. The number of rotatable bonds is 7. The summed E-state index contributed by atoms with van der Waals surface area (Å²) in [6.45, 7) is 2.53. The van der Waals surface area contributed by atoms with Crippen LogP contribution in [0.4, 0.5) is 5.82 Å². The first-order valence-electron chi connectivity index (χ1n) is 9.58. The lowest BCUT2D eigenvalue weighted by molar-refractivity contribution is 0.355. The molecule has 2 heterocycles. The van der Waals surface area contributed by atoms with Crippen molar-refractivity contribution in [1.82, 2.24) is 15.0 Å². The molecule has 158 valence electrons. The maximum absolute atomic E-state index is 5.92. The molecular weight excluding hydrogens is 432 g/mol. The van der Waals surface area contributed by atoms with E-state index in [1.807, 2.05) is 36.6 Å². The third-order valence-corrected chi connectivity index (χ3v) is 5.75. The van der Waals surface area contributed by atoms with E-state index in [9.17, 15) is 0 Å². The van der Waals surface area contributed by atoms with Gasteiger partial charge in [-0.15, -0.1) is 11.3 Å². The fraction of sp³-hybridized carbons (Fsp3) is 0.174. The van der Waals surface area contributed by atoms with Crippen molar-refractivity contribution in [2.24, 2.45) is 0 Å². The van der Waals surface area contributed by atoms with E-state index in [1.54, 1.807) is 25.6 Å². The molecule has 0 saturated carbocycles. The van der Waals surface area contributed by atoms with Gasteiger partial charge in [0, 0.05) is 34.8 Å². The monoisotopic (exact) mass is 452 g/mol. The zero-order valence-electron chi connectivity index (χ0n) is 17.3. The molecule has 0 aliphatic rings. The lowest BCUT2D eigenvalue weighted by atomic mass is 10.1. The molecule has 2 aromatic carbocycles. The smallest absolute Gasteiger partial charge is 0.224 e. The standard InChI is InChI=1S/C23H21ClN4O2S/c1-14-10-21(28-23(24)26-14)25-12-15-4-6-16(7-5-15)22-27-18(13-31-22)17-8-9-19(29-2)20(11-17)30-3/h4-11,13H,12H2,1-3H3,(H,25,26,28). The summed E-state index contributed by atoms with van der Waals surface area (Å²) in [6, 6.07) is 16.0. The molecule has 0 bridgehead atoms. The van der Waals surface area contributed by atoms with Crippen molar-refractivity contribution in [3.05, 3.63) is 70.5 Å². The van der Waals surface area contributed by atoms with Crippen LogP contribution in [0, 0.1) is 6.92 Å². The van der Waals surface area contributed by atoms with Crippen molar-refractivity contribution in [3.8, 4) is 33.3 Å². The molecule has 31 heavy (non-hydrogen) atoms. The Balaban J connectivity index is 1.47. The topological polar surface area (TPSA) is 69.2 Å². The summed E-state index contributed by atoms with van der Waals surface area (Å²) in [5.41, 5.74) is 4.92. The quantitative estimate of drug-likeness (QED) is 0.354. The molecule has 0 fully saturated rings. The molecule has 0 spiro atoms. The van der Waals surface area contributed by atoms with E-state index in [1.165, 1.54) is 0 Å². The summed E-state index contributed by atoms with van der Waals surface area (Å²) in [4.78, 5) is 13.1. The Hall–Kier alpha value is -3.16. The Morgan fingerprint density at radius 2 is 1.65 bits per heavy atom. The summed E-state index contributed by atoms with van der Waals surface area (Å²) in [6.07, 6.45) is 0. The molecule has 0 atom stereocenters. The first-order valence-corrected chi connectivity index (χ1v) is 10.8. The van der Waals surface area contributed by atoms with Gasteiger partial charge in [0.1, 0.15) is 10.8 Å². The number of nitrogens with zero attached hydrogens (tertiary/aromatic N) is 3. The molecule has 0 aliphatic carbocycles. The largest absolute Gasteiger partial charge is 0.493 e. The van der Waals surface area contributed by atoms with Crippen LogP contribution in [0.1, 0.15) is 11.3 Å². The highest BCUT2D eigenvalue weighted by Gasteiger charge is 2.10. The number of hydrogen-bond acceptors (Lipinski definition) is 7. The van der Waals surface area contributed by atoms with Crippen LogP contribution in [0.15, 0.2) is 53.9 Å². The highest BCUT2D eigenvalue weighted by molar-refractivity contribution is 7.13. The summed E-state index contributed by atoms with van der Waals surface area (Å²) < 4.78 is 10.7. The molecule has 6 nitrogen and oxygen atoms in total. The maximum atomic E-state index is 5.92. The third kappa shape index (κ3) is 4.95. The number of hydrogen-bond donors (Lipinski definition) is 1. The molecular formula is C23H21ClN4O2S. The van der Waals surface area contributed by atoms with Gasteiger partial charge in [-0.1, -0.05) is 24.3 Å². The molecule has 0 saturated heterocycles. The van der Waals surface area contributed by atoms with Gasteiger partial charge in [-0.2, -0.15) is 0 Å². The van der Waals surface area contributed by atoms with E-state index >= 15 is 0 Å². The zero-order chi connectivity index (χ0) is 21.8. The number of benzene rings is 2. The van der Waals surface area contributed by atoms with Gasteiger partial charge in [-0.25, -0.2) is 15.0 Å². The molecule has 0 radical (unpaired) electrons. The maximum Gasteiger partial charge on any atom is 0.224 e. The predicted molar refractivity (Wildman–Crippen MR) is 125 cm³/mol. The number of aromatic nitrogens is 3. The van der Waals surface area contributed by atoms with Gasteiger partial charge < -0.3 is 14.8 Å². The van der Waals surface area contributed by atoms with Crippen molar-refractivity contribution < 1.29 is 9.47 Å². The fourth-order valence-corrected chi connectivity index (χ4v) is 4.17. The van der Waals surface area contributed by atoms with E-state index in [4.69, 9.17) is 26.1 Å². The van der Waals surface area contributed by atoms with E-state index < -0.39 is 0 Å². The first-order chi connectivity index (χ1) is 15.1. The lowest BCUT2D eigenvalue weighted by Gasteiger charge is -2.08. The number of anilines is 1. The minimum absolute atomic E-state index is 0.243. The minimum atomic E-state index is 0.243. The Kier molecular flexibility index (Phi) is 6.34. The molecule has 0 unspecified atom stereocenters. The second-order valence-corrected chi connectivity index (χ2v) is 8.02. The van der Waals surface area contributed by atoms with Gasteiger partial charge in [0.15, 0.2) is 11.5 Å². The Bertz CT molecular complexity index is 1170. The van der Waals surface area contributed by atoms with Gasteiger partial charge in [0.25, 0.3) is 0 Å². The average Bonchev–Trinajstić information content (AvgIpc) is 3.27. The Labute approximate surface area is 189 Å². The highest BCUT2D eigenvalue weighted by atomic mass is 35.5. The van der Waals surface area contributed by atoms with E-state index in [0.717, 1.165) is 33.1 Å². The minimum Gasteiger partial charge on any atom is -0.493 e. The third-order valence-electron chi connectivity index (χ3n) is 4.68. The summed E-state index contributed by atoms with van der Waals surface area (Å²) >= 11 is 7.53. The van der Waals surface area contributed by atoms with E-state index in [0.29, 0.717) is 23.9 Å². The van der Waals surface area contributed by atoms with Crippen molar-refractivity contribution in [3.63, 3.8) is 0 Å². The van der Waals surface area contributed by atoms with E-state index in [-0.39, 0.29) is 5.28 Å². The normalized spacial score (nSPS) is 10.7. The highest BCUT2D eigenvalue weighted by Crippen LogP contribution is 2.34. The van der Waals surface area contributed by atoms with Crippen molar-refractivity contribution in [1.29, 1.82) is 0 Å². The number of methoxy groups -OCH3 is 2. The van der Waals surface area contributed by atoms with Gasteiger partial charge in [-0.3, -0.25) is 0 Å². The molecule has 1 N–H and O–H groups in total. The van der Waals surface area contributed by atoms with Crippen molar-refractivity contribution in [2.45, 2.75) is 13.5 Å². The van der Waals surface area contributed by atoms with Crippen LogP contribution in [0.25, 0.3) is 21.8 Å². The van der Waals surface area contributed by atoms with Crippen LogP contribution in [-0.4, -0.2) is 29.2 Å². The van der Waals surface area contributed by atoms with Gasteiger partial charge in [-0.05, 0) is 42.3 Å². The van der Waals surface area contributed by atoms with E-state index in [2.05, 4.69) is 39.6 Å². The second kappa shape index (κ2) is 9.32. The van der Waals surface area contributed by atoms with Crippen molar-refractivity contribution >= 4 is 28.8 Å². The molecule has 8 heteroatoms. The predicted octanol–water partition coefficient (Wildman–Crippen LogP) is 5.86. The van der Waals surface area contributed by atoms with Gasteiger partial charge >= 0.3 is 0 Å². The summed E-state index contributed by atoms with van der Waals surface area (Å²) in [5, 5.41) is 6.53. The molecule has 4 rings (SSSR count). The van der Waals surface area contributed by atoms with Crippen LogP contribution in [0.3, 0.4) is 0 Å². The average molecular weight is 453 g/mol. The fourth-order valence-electron chi connectivity index (χ4n) is 3.12. The van der Waals surface area contributed by atoms with Crippen LogP contribution in [0.5, 0.6) is 11.5 Å². The number of halogens is 1. The van der Waals surface area contributed by atoms with Crippen LogP contribution in [0.2, 0.25) is 5.28 Å². The van der Waals surface area contributed by atoms with Crippen LogP contribution >= 0.6 is 22.9 Å². The number of aryl methyl sites for hydroxylation is 1. The Morgan fingerprint density at radius 3 is 2.35 bits per heavy atom. The van der Waals surface area contributed by atoms with Crippen LogP contribution in [-0.2, 0) is 6.54 Å². The molecule has 0 aliphatic heterocycles. The summed E-state index contributed by atoms with van der Waals surface area (Å²) in [5.74, 6) is 2.10. The van der Waals surface area contributed by atoms with Gasteiger partial charge in [0.05, 0.1) is 19.9 Å². The second-order valence-electron chi connectivity index (χ2n) is 6.82. The number of thiazole rings is 1. The first kappa shape index (κ1) is 21.1. The zero-order valence-corrected chi connectivity index (χ0v) is 18.9. The van der Waals surface area contributed by atoms with Gasteiger partial charge in [0.2, 0.25) is 5.28 Å².